The molecule has 0 fully saturated rings. The Morgan fingerprint density at radius 1 is 1.05 bits per heavy atom. The van der Waals surface area contributed by atoms with Crippen LogP contribution in [0, 0.1) is 0 Å². The molecule has 0 radical (unpaired) electrons. The lowest BCUT2D eigenvalue weighted by Crippen LogP contribution is -1.85. The number of allylic oxidation sites excluding steroid dienone is 1. The van der Waals surface area contributed by atoms with Crippen molar-refractivity contribution in [3.8, 4) is 0 Å². The lowest BCUT2D eigenvalue weighted by molar-refractivity contribution is 1.14. The zero-order valence-electron chi connectivity index (χ0n) is 12.4. The lowest BCUT2D eigenvalue weighted by atomic mass is 10.1. The van der Waals surface area contributed by atoms with Gasteiger partial charge in [0.25, 0.3) is 0 Å². The van der Waals surface area contributed by atoms with Gasteiger partial charge in [0, 0.05) is 12.7 Å². The van der Waals surface area contributed by atoms with Gasteiger partial charge >= 0.3 is 0 Å². The molecule has 0 heterocycles. The Bertz CT molecular complexity index is 667. The molecule has 2 aromatic rings. The Balaban J connectivity index is 2.15. The van der Waals surface area contributed by atoms with Crippen LogP contribution in [0.2, 0.25) is 0 Å². The molecule has 0 aliphatic rings. The third kappa shape index (κ3) is 4.14. The van der Waals surface area contributed by atoms with E-state index in [0.717, 1.165) is 28.2 Å². The third-order valence-electron chi connectivity index (χ3n) is 3.06. The largest absolute Gasteiger partial charge is 0.388 e. The maximum Gasteiger partial charge on any atom is 0.0858 e. The van der Waals surface area contributed by atoms with Crippen LogP contribution in [0.1, 0.15) is 18.1 Å². The fourth-order valence-corrected chi connectivity index (χ4v) is 1.91. The van der Waals surface area contributed by atoms with Crippen LogP contribution in [0.25, 0.3) is 12.2 Å². The first-order valence-corrected chi connectivity index (χ1v) is 6.82. The topological polar surface area (TPSA) is 36.8 Å². The molecule has 0 aromatic heterocycles. The highest BCUT2D eigenvalue weighted by Crippen LogP contribution is 2.19. The van der Waals surface area contributed by atoms with E-state index in [1.165, 1.54) is 0 Å². The number of nitrogens with one attached hydrogen (secondary N) is 1. The van der Waals surface area contributed by atoms with Crippen molar-refractivity contribution < 1.29 is 0 Å². The highest BCUT2D eigenvalue weighted by atomic mass is 15.1. The number of nitrogens with zero attached hydrogens (tertiary/aromatic N) is 2. The van der Waals surface area contributed by atoms with E-state index < -0.39 is 0 Å². The molecule has 0 aliphatic carbocycles. The maximum atomic E-state index is 4.25. The molecule has 0 bridgehead atoms. The Labute approximate surface area is 125 Å². The Morgan fingerprint density at radius 2 is 1.71 bits per heavy atom. The van der Waals surface area contributed by atoms with Gasteiger partial charge in [-0.25, -0.2) is 0 Å². The summed E-state index contributed by atoms with van der Waals surface area (Å²) in [5.41, 5.74) is 4.92. The first kappa shape index (κ1) is 14.7. The molecule has 2 aromatic carbocycles. The van der Waals surface area contributed by atoms with Gasteiger partial charge in [-0.05, 0) is 48.4 Å². The second-order valence-corrected chi connectivity index (χ2v) is 4.62. The van der Waals surface area contributed by atoms with Gasteiger partial charge in [-0.1, -0.05) is 36.9 Å². The molecule has 21 heavy (non-hydrogen) atoms. The molecule has 1 N–H and O–H groups in total. The molecular weight excluding hydrogens is 258 g/mol. The van der Waals surface area contributed by atoms with E-state index >= 15 is 0 Å². The number of benzene rings is 2. The molecule has 0 atom stereocenters. The molecule has 106 valence electrons. The first-order valence-electron chi connectivity index (χ1n) is 6.82. The monoisotopic (exact) mass is 277 g/mol. The van der Waals surface area contributed by atoms with E-state index in [1.54, 1.807) is 0 Å². The highest BCUT2D eigenvalue weighted by molar-refractivity contribution is 5.65. The summed E-state index contributed by atoms with van der Waals surface area (Å²) < 4.78 is 0. The number of hydrogen-bond acceptors (Lipinski definition) is 3. The Morgan fingerprint density at radius 3 is 2.33 bits per heavy atom. The number of rotatable bonds is 5. The van der Waals surface area contributed by atoms with Crippen molar-refractivity contribution in [3.63, 3.8) is 0 Å². The van der Waals surface area contributed by atoms with Gasteiger partial charge in [0.2, 0.25) is 0 Å². The van der Waals surface area contributed by atoms with Gasteiger partial charge in [-0.2, -0.15) is 10.2 Å². The summed E-state index contributed by atoms with van der Waals surface area (Å²) in [4.78, 5) is 0. The number of anilines is 1. The predicted molar refractivity (Wildman–Crippen MR) is 90.7 cm³/mol. The van der Waals surface area contributed by atoms with E-state index in [9.17, 15) is 0 Å². The summed E-state index contributed by atoms with van der Waals surface area (Å²) in [5.74, 6) is 0. The van der Waals surface area contributed by atoms with Gasteiger partial charge < -0.3 is 5.32 Å². The third-order valence-corrected chi connectivity index (χ3v) is 3.06. The molecule has 0 aliphatic heterocycles. The van der Waals surface area contributed by atoms with Crippen LogP contribution in [0.15, 0.2) is 71.0 Å². The molecule has 0 saturated heterocycles. The quantitative estimate of drug-likeness (QED) is 0.718. The minimum atomic E-state index is 0.832. The standard InChI is InChI=1S/C18H19N3/c1-4-15-7-5-6-8-16(15)13-14(2)20-21-18-11-9-17(19-3)10-12-18/h4-13,19H,1H2,2-3H3/b14-13+,21-20?. The molecule has 0 unspecified atom stereocenters. The summed E-state index contributed by atoms with van der Waals surface area (Å²) >= 11 is 0. The van der Waals surface area contributed by atoms with Crippen LogP contribution in [-0.4, -0.2) is 7.05 Å². The molecule has 0 spiro atoms. The van der Waals surface area contributed by atoms with Crippen LogP contribution in [-0.2, 0) is 0 Å². The Hall–Kier alpha value is -2.68. The lowest BCUT2D eigenvalue weighted by Gasteiger charge is -2.01. The SMILES string of the molecule is C=Cc1ccccc1/C=C(\C)N=Nc1ccc(NC)cc1. The van der Waals surface area contributed by atoms with Crippen LogP contribution in [0.4, 0.5) is 11.4 Å². The van der Waals surface area contributed by atoms with Gasteiger partial charge in [-0.15, -0.1) is 0 Å². The van der Waals surface area contributed by atoms with Gasteiger partial charge in [0.1, 0.15) is 0 Å². The zero-order valence-corrected chi connectivity index (χ0v) is 12.4. The molecule has 2 rings (SSSR count). The minimum absolute atomic E-state index is 0.832. The molecule has 3 heteroatoms. The maximum absolute atomic E-state index is 4.25. The van der Waals surface area contributed by atoms with E-state index in [4.69, 9.17) is 0 Å². The van der Waals surface area contributed by atoms with Crippen molar-refractivity contribution in [1.29, 1.82) is 0 Å². The van der Waals surface area contributed by atoms with Crippen molar-refractivity contribution in [2.24, 2.45) is 10.2 Å². The van der Waals surface area contributed by atoms with E-state index in [2.05, 4.69) is 22.1 Å². The second-order valence-electron chi connectivity index (χ2n) is 4.62. The number of azo groups is 1. The van der Waals surface area contributed by atoms with Crippen LogP contribution in [0.3, 0.4) is 0 Å². The summed E-state index contributed by atoms with van der Waals surface area (Å²) in [5, 5.41) is 11.6. The molecule has 3 nitrogen and oxygen atoms in total. The fraction of sp³-hybridized carbons (Fsp3) is 0.111. The first-order chi connectivity index (χ1) is 10.2. The Kier molecular flexibility index (Phi) is 5.04. The summed E-state index contributed by atoms with van der Waals surface area (Å²) in [6.45, 7) is 5.76. The van der Waals surface area contributed by atoms with E-state index in [0.29, 0.717) is 0 Å². The molecule has 0 saturated carbocycles. The van der Waals surface area contributed by atoms with Crippen LogP contribution in [0.5, 0.6) is 0 Å². The molecular formula is C18H19N3. The van der Waals surface area contributed by atoms with Crippen molar-refractivity contribution in [3.05, 3.63) is 71.9 Å². The average molecular weight is 277 g/mol. The fourth-order valence-electron chi connectivity index (χ4n) is 1.91. The van der Waals surface area contributed by atoms with E-state index in [-0.39, 0.29) is 0 Å². The van der Waals surface area contributed by atoms with Crippen molar-refractivity contribution in [2.75, 3.05) is 12.4 Å². The van der Waals surface area contributed by atoms with Crippen molar-refractivity contribution >= 4 is 23.5 Å². The predicted octanol–water partition coefficient (Wildman–Crippen LogP) is 5.52. The second kappa shape index (κ2) is 7.20. The average Bonchev–Trinajstić information content (AvgIpc) is 2.54. The van der Waals surface area contributed by atoms with Crippen LogP contribution >= 0.6 is 0 Å². The van der Waals surface area contributed by atoms with Crippen molar-refractivity contribution in [2.45, 2.75) is 6.92 Å². The summed E-state index contributed by atoms with van der Waals surface area (Å²) in [7, 11) is 1.89. The van der Waals surface area contributed by atoms with Crippen LogP contribution < -0.4 is 5.32 Å². The normalized spacial score (nSPS) is 11.6. The van der Waals surface area contributed by atoms with Gasteiger partial charge in [0.05, 0.1) is 11.4 Å². The van der Waals surface area contributed by atoms with Crippen molar-refractivity contribution in [1.82, 2.24) is 0 Å². The minimum Gasteiger partial charge on any atom is -0.388 e. The highest BCUT2D eigenvalue weighted by Gasteiger charge is 1.96. The van der Waals surface area contributed by atoms with Gasteiger partial charge in [0.15, 0.2) is 0 Å². The summed E-state index contributed by atoms with van der Waals surface area (Å²) in [6.07, 6.45) is 3.84. The zero-order chi connectivity index (χ0) is 15.1. The van der Waals surface area contributed by atoms with E-state index in [1.807, 2.05) is 74.7 Å². The smallest absolute Gasteiger partial charge is 0.0858 e. The van der Waals surface area contributed by atoms with Gasteiger partial charge in [-0.3, -0.25) is 0 Å². The molecule has 0 amide bonds. The summed E-state index contributed by atoms with van der Waals surface area (Å²) in [6, 6.07) is 15.9. The number of hydrogen-bond donors (Lipinski definition) is 1.